The van der Waals surface area contributed by atoms with E-state index in [2.05, 4.69) is 10.3 Å². The summed E-state index contributed by atoms with van der Waals surface area (Å²) in [7, 11) is 2.94. The number of amides is 1. The van der Waals surface area contributed by atoms with E-state index in [4.69, 9.17) is 19.2 Å². The third-order valence-electron chi connectivity index (χ3n) is 6.90. The summed E-state index contributed by atoms with van der Waals surface area (Å²) < 4.78 is 17.0. The maximum atomic E-state index is 13.2. The van der Waals surface area contributed by atoms with Crippen molar-refractivity contribution in [2.75, 3.05) is 14.2 Å². The number of allylic oxidation sites excluding steroid dienone is 1. The molecule has 216 valence electrons. The van der Waals surface area contributed by atoms with E-state index in [1.54, 1.807) is 13.3 Å². The summed E-state index contributed by atoms with van der Waals surface area (Å²) in [4.78, 5) is 37.3. The number of benzene rings is 2. The summed E-state index contributed by atoms with van der Waals surface area (Å²) in [6, 6.07) is 20.5. The number of aliphatic imine (C=N–C) groups is 1. The second kappa shape index (κ2) is 13.4. The Morgan fingerprint density at radius 2 is 1.83 bits per heavy atom. The average molecular weight is 585 g/mol. The molecular weight excluding hydrogens is 552 g/mol. The Morgan fingerprint density at radius 1 is 1.02 bits per heavy atom. The van der Waals surface area contributed by atoms with Crippen LogP contribution in [0.3, 0.4) is 0 Å². The van der Waals surface area contributed by atoms with E-state index in [1.165, 1.54) is 18.9 Å². The van der Waals surface area contributed by atoms with Crippen LogP contribution >= 0.6 is 11.8 Å². The maximum Gasteiger partial charge on any atom is 0.338 e. The number of nitrogens with zero attached hydrogens (tertiary/aromatic N) is 3. The summed E-state index contributed by atoms with van der Waals surface area (Å²) in [6.07, 6.45) is 2.33. The number of ether oxygens (including phenoxy) is 3. The lowest BCUT2D eigenvalue weighted by atomic mass is 9.92. The number of carbonyl (C=O) groups excluding carboxylic acids is 2. The summed E-state index contributed by atoms with van der Waals surface area (Å²) in [6.45, 7) is 2.65. The number of methoxy groups -OCH3 is 2. The normalized spacial score (nSPS) is 15.9. The molecule has 2 aliphatic heterocycles. The standard InChI is InChI=1S/C32H32N4O5S/c1-4-25-29(31(38)40-3)30(22-13-14-26(27(16-22)39-2)41-19-21-10-6-5-7-11-21)36-24(20-42-32(36)35-25)17-28(37)34-18-23-12-8-9-15-33-23/h5-16,20,30H,4,17-19H2,1-3H3,(H,34,37). The first-order valence-corrected chi connectivity index (χ1v) is 14.5. The molecular formula is C32H32N4O5S. The van der Waals surface area contributed by atoms with E-state index in [1.807, 2.05) is 84.0 Å². The number of carbonyl (C=O) groups is 2. The van der Waals surface area contributed by atoms with Crippen molar-refractivity contribution in [1.29, 1.82) is 0 Å². The zero-order valence-corrected chi connectivity index (χ0v) is 24.5. The van der Waals surface area contributed by atoms with Crippen LogP contribution in [0.15, 0.2) is 100 Å². The number of esters is 1. The van der Waals surface area contributed by atoms with E-state index < -0.39 is 12.0 Å². The number of pyridine rings is 1. The molecule has 9 nitrogen and oxygen atoms in total. The van der Waals surface area contributed by atoms with Crippen LogP contribution in [0.1, 0.15) is 42.6 Å². The molecule has 42 heavy (non-hydrogen) atoms. The van der Waals surface area contributed by atoms with Crippen molar-refractivity contribution in [3.63, 3.8) is 0 Å². The van der Waals surface area contributed by atoms with Crippen LogP contribution in [0.25, 0.3) is 0 Å². The summed E-state index contributed by atoms with van der Waals surface area (Å²) >= 11 is 1.43. The lowest BCUT2D eigenvalue weighted by Crippen LogP contribution is -2.38. The fourth-order valence-electron chi connectivity index (χ4n) is 4.86. The van der Waals surface area contributed by atoms with Gasteiger partial charge in [0, 0.05) is 11.9 Å². The first kappa shape index (κ1) is 28.9. The lowest BCUT2D eigenvalue weighted by Gasteiger charge is -2.36. The van der Waals surface area contributed by atoms with Gasteiger partial charge < -0.3 is 24.4 Å². The van der Waals surface area contributed by atoms with Gasteiger partial charge in [0.1, 0.15) is 6.61 Å². The summed E-state index contributed by atoms with van der Waals surface area (Å²) in [5.74, 6) is 0.466. The first-order valence-electron chi connectivity index (χ1n) is 13.6. The maximum absolute atomic E-state index is 13.2. The Labute approximate surface area is 249 Å². The molecule has 0 bridgehead atoms. The number of aromatic nitrogens is 1. The molecule has 0 radical (unpaired) electrons. The number of hydrogen-bond acceptors (Lipinski definition) is 9. The van der Waals surface area contributed by atoms with Crippen LogP contribution in [-0.2, 0) is 27.5 Å². The molecule has 3 aromatic rings. The quantitative estimate of drug-likeness (QED) is 0.294. The van der Waals surface area contributed by atoms with Crippen molar-refractivity contribution < 1.29 is 23.8 Å². The molecule has 0 saturated carbocycles. The molecule has 1 unspecified atom stereocenters. The van der Waals surface area contributed by atoms with Crippen LogP contribution < -0.4 is 14.8 Å². The topological polar surface area (TPSA) is 102 Å². The predicted molar refractivity (Wildman–Crippen MR) is 161 cm³/mol. The monoisotopic (exact) mass is 584 g/mol. The smallest absolute Gasteiger partial charge is 0.338 e. The number of amidine groups is 1. The van der Waals surface area contributed by atoms with Gasteiger partial charge in [-0.1, -0.05) is 61.2 Å². The molecule has 1 aromatic heterocycles. The number of thioether (sulfide) groups is 1. The summed E-state index contributed by atoms with van der Waals surface area (Å²) in [5, 5.41) is 5.54. The molecule has 3 heterocycles. The van der Waals surface area contributed by atoms with Gasteiger partial charge in [0.25, 0.3) is 0 Å². The minimum atomic E-state index is -0.582. The predicted octanol–water partition coefficient (Wildman–Crippen LogP) is 5.51. The van der Waals surface area contributed by atoms with Crippen molar-refractivity contribution in [3.05, 3.63) is 112 Å². The van der Waals surface area contributed by atoms with Gasteiger partial charge in [-0.25, -0.2) is 9.79 Å². The van der Waals surface area contributed by atoms with Gasteiger partial charge in [-0.3, -0.25) is 9.78 Å². The third kappa shape index (κ3) is 6.33. The first-order chi connectivity index (χ1) is 20.5. The summed E-state index contributed by atoms with van der Waals surface area (Å²) in [5.41, 5.74) is 4.37. The minimum absolute atomic E-state index is 0.0979. The van der Waals surface area contributed by atoms with Crippen molar-refractivity contribution >= 4 is 28.8 Å². The van der Waals surface area contributed by atoms with Crippen molar-refractivity contribution in [1.82, 2.24) is 15.2 Å². The van der Waals surface area contributed by atoms with Crippen molar-refractivity contribution in [2.45, 2.75) is 39.0 Å². The van der Waals surface area contributed by atoms with Gasteiger partial charge in [0.05, 0.1) is 50.2 Å². The fraction of sp³-hybridized carbons (Fsp3) is 0.250. The van der Waals surface area contributed by atoms with Crippen molar-refractivity contribution in [2.24, 2.45) is 4.99 Å². The van der Waals surface area contributed by atoms with E-state index in [0.29, 0.717) is 47.5 Å². The Hall–Kier alpha value is -4.57. The number of hydrogen-bond donors (Lipinski definition) is 1. The molecule has 5 rings (SSSR count). The Morgan fingerprint density at radius 3 is 2.55 bits per heavy atom. The van der Waals surface area contributed by atoms with Crippen molar-refractivity contribution in [3.8, 4) is 11.5 Å². The van der Waals surface area contributed by atoms with Gasteiger partial charge in [-0.05, 0) is 47.2 Å². The highest BCUT2D eigenvalue weighted by Gasteiger charge is 2.41. The van der Waals surface area contributed by atoms with Gasteiger partial charge in [0.15, 0.2) is 16.7 Å². The molecule has 1 amide bonds. The van der Waals surface area contributed by atoms with Gasteiger partial charge >= 0.3 is 5.97 Å². The zero-order chi connectivity index (χ0) is 29.5. The third-order valence-corrected chi connectivity index (χ3v) is 7.79. The second-order valence-electron chi connectivity index (χ2n) is 9.56. The highest BCUT2D eigenvalue weighted by Crippen LogP contribution is 2.46. The molecule has 0 aliphatic carbocycles. The molecule has 0 spiro atoms. The zero-order valence-electron chi connectivity index (χ0n) is 23.7. The molecule has 1 atom stereocenters. The van der Waals surface area contributed by atoms with Crippen LogP contribution in [-0.4, -0.2) is 41.1 Å². The average Bonchev–Trinajstić information content (AvgIpc) is 3.44. The van der Waals surface area contributed by atoms with E-state index in [9.17, 15) is 9.59 Å². The van der Waals surface area contributed by atoms with Crippen LogP contribution in [0.4, 0.5) is 0 Å². The molecule has 2 aliphatic rings. The Bertz CT molecular complexity index is 1540. The van der Waals surface area contributed by atoms with Crippen LogP contribution in [0.5, 0.6) is 11.5 Å². The van der Waals surface area contributed by atoms with Crippen LogP contribution in [0.2, 0.25) is 0 Å². The Kier molecular flexibility index (Phi) is 9.23. The highest BCUT2D eigenvalue weighted by atomic mass is 32.2. The fourth-order valence-corrected chi connectivity index (χ4v) is 5.79. The van der Waals surface area contributed by atoms with Gasteiger partial charge in [-0.2, -0.15) is 0 Å². The number of fused-ring (bicyclic) bond motifs is 1. The SMILES string of the molecule is CCC1=C(C(=O)OC)C(c2ccc(OCc3ccccc3)c(OC)c2)N2C(CC(=O)NCc3ccccn3)=CSC2=N1. The highest BCUT2D eigenvalue weighted by molar-refractivity contribution is 8.16. The van der Waals surface area contributed by atoms with E-state index in [0.717, 1.165) is 22.5 Å². The van der Waals surface area contributed by atoms with E-state index >= 15 is 0 Å². The molecule has 10 heteroatoms. The number of nitrogens with one attached hydrogen (secondary N) is 1. The molecule has 2 aromatic carbocycles. The lowest BCUT2D eigenvalue weighted by molar-refractivity contribution is -0.136. The Balaban J connectivity index is 1.44. The number of rotatable bonds is 11. The van der Waals surface area contributed by atoms with Gasteiger partial charge in [0.2, 0.25) is 5.91 Å². The largest absolute Gasteiger partial charge is 0.493 e. The molecule has 0 saturated heterocycles. The van der Waals surface area contributed by atoms with E-state index in [-0.39, 0.29) is 12.3 Å². The minimum Gasteiger partial charge on any atom is -0.493 e. The molecule has 1 N–H and O–H groups in total. The second-order valence-corrected chi connectivity index (χ2v) is 10.4. The van der Waals surface area contributed by atoms with Gasteiger partial charge in [-0.15, -0.1) is 0 Å². The van der Waals surface area contributed by atoms with Crippen LogP contribution in [0, 0.1) is 0 Å². The molecule has 0 fully saturated rings.